The van der Waals surface area contributed by atoms with Crippen molar-refractivity contribution in [1.82, 2.24) is 10.2 Å². The summed E-state index contributed by atoms with van der Waals surface area (Å²) in [6.45, 7) is 2.94. The van der Waals surface area contributed by atoms with E-state index in [0.29, 0.717) is 11.3 Å². The Morgan fingerprint density at radius 2 is 1.84 bits per heavy atom. The third-order valence-electron chi connectivity index (χ3n) is 4.90. The molecule has 3 amide bonds. The van der Waals surface area contributed by atoms with E-state index >= 15 is 0 Å². The fraction of sp³-hybridized carbons (Fsp3) is 0.333. The summed E-state index contributed by atoms with van der Waals surface area (Å²) in [5.41, 5.74) is -0.317. The number of nitrogens with one attached hydrogen (secondary N) is 2. The lowest BCUT2D eigenvalue weighted by molar-refractivity contribution is -0.131. The van der Waals surface area contributed by atoms with E-state index < -0.39 is 33.6 Å². The summed E-state index contributed by atoms with van der Waals surface area (Å²) in [6, 6.07) is 12.0. The summed E-state index contributed by atoms with van der Waals surface area (Å²) in [7, 11) is -2.38. The summed E-state index contributed by atoms with van der Waals surface area (Å²) in [5.74, 6) is 0.0354. The molecular weight excluding hydrogens is 422 g/mol. The van der Waals surface area contributed by atoms with E-state index in [1.54, 1.807) is 44.2 Å². The zero-order chi connectivity index (χ0) is 22.8. The molecule has 0 aromatic heterocycles. The van der Waals surface area contributed by atoms with Gasteiger partial charge in [0.2, 0.25) is 0 Å². The number of benzene rings is 2. The van der Waals surface area contributed by atoms with Crippen molar-refractivity contribution in [3.05, 3.63) is 54.1 Å². The second-order valence-electron chi connectivity index (χ2n) is 7.77. The molecule has 3 rings (SSSR count). The highest BCUT2D eigenvalue weighted by Gasteiger charge is 2.44. The third-order valence-corrected chi connectivity index (χ3v) is 6.28. The highest BCUT2D eigenvalue weighted by atomic mass is 32.2. The van der Waals surface area contributed by atoms with Gasteiger partial charge in [-0.25, -0.2) is 13.2 Å². The normalized spacial score (nSPS) is 16.7. The predicted molar refractivity (Wildman–Crippen MR) is 114 cm³/mol. The van der Waals surface area contributed by atoms with Crippen LogP contribution in [0.25, 0.3) is 0 Å². The molecule has 1 unspecified atom stereocenters. The first kappa shape index (κ1) is 22.6. The molecule has 0 spiro atoms. The van der Waals surface area contributed by atoms with Gasteiger partial charge in [0.1, 0.15) is 11.3 Å². The van der Waals surface area contributed by atoms with Gasteiger partial charge in [-0.1, -0.05) is 18.2 Å². The van der Waals surface area contributed by atoms with Crippen LogP contribution >= 0.6 is 0 Å². The van der Waals surface area contributed by atoms with Crippen LogP contribution in [0.3, 0.4) is 0 Å². The minimum Gasteiger partial charge on any atom is -0.497 e. The number of β-amino-alcohol motifs (C(OH)–C–C–N with tert-alkyl or cyclic N) is 1. The quantitative estimate of drug-likeness (QED) is 0.529. The van der Waals surface area contributed by atoms with Crippen molar-refractivity contribution in [2.45, 2.75) is 36.8 Å². The Morgan fingerprint density at radius 1 is 1.16 bits per heavy atom. The molecule has 1 fully saturated rings. The number of ether oxygens (including phenoxy) is 1. The number of nitrogens with zero attached hydrogens (tertiary/aromatic N) is 1. The van der Waals surface area contributed by atoms with Gasteiger partial charge in [0.25, 0.3) is 15.9 Å². The summed E-state index contributed by atoms with van der Waals surface area (Å²) < 4.78 is 33.2. The van der Waals surface area contributed by atoms with Crippen LogP contribution in [-0.4, -0.2) is 55.7 Å². The van der Waals surface area contributed by atoms with Gasteiger partial charge in [0.05, 0.1) is 30.3 Å². The molecule has 10 heteroatoms. The molecule has 1 atom stereocenters. The number of urea groups is 1. The molecule has 0 saturated carbocycles. The van der Waals surface area contributed by atoms with Crippen LogP contribution in [-0.2, 0) is 21.2 Å². The first-order valence-electron chi connectivity index (χ1n) is 9.60. The largest absolute Gasteiger partial charge is 0.497 e. The Bertz CT molecular complexity index is 1090. The number of anilines is 1. The first-order chi connectivity index (χ1) is 14.5. The molecule has 9 nitrogen and oxygen atoms in total. The molecule has 1 saturated heterocycles. The van der Waals surface area contributed by atoms with Crippen LogP contribution in [0, 0.1) is 0 Å². The van der Waals surface area contributed by atoms with E-state index in [9.17, 15) is 23.1 Å². The van der Waals surface area contributed by atoms with Crippen molar-refractivity contribution in [3.63, 3.8) is 0 Å². The Morgan fingerprint density at radius 3 is 2.42 bits per heavy atom. The van der Waals surface area contributed by atoms with Crippen molar-refractivity contribution < 1.29 is 27.9 Å². The summed E-state index contributed by atoms with van der Waals surface area (Å²) in [6.07, 6.45) is -1.13. The first-order valence-corrected chi connectivity index (χ1v) is 11.1. The number of aliphatic hydroxyl groups excluding tert-OH is 1. The van der Waals surface area contributed by atoms with Crippen molar-refractivity contribution in [3.8, 4) is 5.75 Å². The average Bonchev–Trinajstić information content (AvgIpc) is 2.91. The monoisotopic (exact) mass is 447 g/mol. The lowest BCUT2D eigenvalue weighted by Crippen LogP contribution is -2.42. The summed E-state index contributed by atoms with van der Waals surface area (Å²) >= 11 is 0. The van der Waals surface area contributed by atoms with Crippen LogP contribution < -0.4 is 14.8 Å². The number of sulfonamides is 1. The topological polar surface area (TPSA) is 125 Å². The lowest BCUT2D eigenvalue weighted by atomic mass is 10.0. The van der Waals surface area contributed by atoms with E-state index in [1.165, 1.54) is 25.3 Å². The molecule has 0 aliphatic carbocycles. The van der Waals surface area contributed by atoms with Crippen molar-refractivity contribution >= 4 is 27.6 Å². The molecule has 166 valence electrons. The number of hydrogen-bond donors (Lipinski definition) is 3. The van der Waals surface area contributed by atoms with Crippen LogP contribution in [0.5, 0.6) is 5.75 Å². The lowest BCUT2D eigenvalue weighted by Gasteiger charge is -2.21. The standard InChI is InChI=1S/C21H25N3O6S/c1-21(2)19(26)24(20(27)22-21)13-15(25)11-14-12-16(30-3)9-10-18(14)23-31(28,29)17-7-5-4-6-8-17/h4-10,12,15,23,25H,11,13H2,1-3H3,(H,22,27). The average molecular weight is 448 g/mol. The fourth-order valence-electron chi connectivity index (χ4n) is 3.28. The number of carbonyl (C=O) groups is 2. The van der Waals surface area contributed by atoms with E-state index in [0.717, 1.165) is 4.90 Å². The number of hydrogen-bond acceptors (Lipinski definition) is 6. The molecular formula is C21H25N3O6S. The van der Waals surface area contributed by atoms with Gasteiger partial charge in [0.15, 0.2) is 0 Å². The van der Waals surface area contributed by atoms with E-state index in [1.807, 2.05) is 0 Å². The third kappa shape index (κ3) is 4.97. The van der Waals surface area contributed by atoms with Gasteiger partial charge in [-0.2, -0.15) is 0 Å². The van der Waals surface area contributed by atoms with Crippen LogP contribution in [0.15, 0.2) is 53.4 Å². The summed E-state index contributed by atoms with van der Waals surface area (Å²) in [4.78, 5) is 25.5. The maximum atomic E-state index is 12.7. The molecule has 2 aromatic rings. The maximum absolute atomic E-state index is 12.7. The molecule has 3 N–H and O–H groups in total. The fourth-order valence-corrected chi connectivity index (χ4v) is 4.40. The Kier molecular flexibility index (Phi) is 6.23. The maximum Gasteiger partial charge on any atom is 0.325 e. The SMILES string of the molecule is COc1ccc(NS(=O)(=O)c2ccccc2)c(CC(O)CN2C(=O)NC(C)(C)C2=O)c1. The molecule has 31 heavy (non-hydrogen) atoms. The van der Waals surface area contributed by atoms with Crippen LogP contribution in [0.2, 0.25) is 0 Å². The number of methoxy groups -OCH3 is 1. The molecule has 1 aliphatic rings. The molecule has 2 aromatic carbocycles. The van der Waals surface area contributed by atoms with E-state index in [2.05, 4.69) is 10.0 Å². The molecule has 0 bridgehead atoms. The second kappa shape index (κ2) is 8.56. The Labute approximate surface area is 181 Å². The van der Waals surface area contributed by atoms with Gasteiger partial charge in [0, 0.05) is 6.42 Å². The molecule has 0 radical (unpaired) electrons. The molecule has 1 heterocycles. The predicted octanol–water partition coefficient (Wildman–Crippen LogP) is 1.73. The molecule has 1 aliphatic heterocycles. The van der Waals surface area contributed by atoms with Gasteiger partial charge >= 0.3 is 6.03 Å². The highest BCUT2D eigenvalue weighted by molar-refractivity contribution is 7.92. The van der Waals surface area contributed by atoms with Crippen LogP contribution in [0.1, 0.15) is 19.4 Å². The number of imide groups is 1. The zero-order valence-corrected chi connectivity index (χ0v) is 18.3. The minimum absolute atomic E-state index is 0.0126. The zero-order valence-electron chi connectivity index (χ0n) is 17.5. The number of carbonyl (C=O) groups excluding carboxylic acids is 2. The van der Waals surface area contributed by atoms with Crippen molar-refractivity contribution in [2.24, 2.45) is 0 Å². The van der Waals surface area contributed by atoms with Gasteiger partial charge in [-0.3, -0.25) is 14.4 Å². The number of aliphatic hydroxyl groups is 1. The minimum atomic E-state index is -3.85. The van der Waals surface area contributed by atoms with Crippen molar-refractivity contribution in [1.29, 1.82) is 0 Å². The van der Waals surface area contributed by atoms with Gasteiger partial charge in [-0.05, 0) is 49.7 Å². The van der Waals surface area contributed by atoms with E-state index in [4.69, 9.17) is 4.74 Å². The van der Waals surface area contributed by atoms with Crippen LogP contribution in [0.4, 0.5) is 10.5 Å². The second-order valence-corrected chi connectivity index (χ2v) is 9.45. The smallest absolute Gasteiger partial charge is 0.325 e. The Balaban J connectivity index is 1.82. The Hall–Kier alpha value is -3.11. The van der Waals surface area contributed by atoms with Crippen molar-refractivity contribution in [2.75, 3.05) is 18.4 Å². The summed E-state index contributed by atoms with van der Waals surface area (Å²) in [5, 5.41) is 13.1. The van der Waals surface area contributed by atoms with Gasteiger partial charge < -0.3 is 15.2 Å². The highest BCUT2D eigenvalue weighted by Crippen LogP contribution is 2.27. The van der Waals surface area contributed by atoms with Gasteiger partial charge in [-0.15, -0.1) is 0 Å². The number of rotatable bonds is 8. The van der Waals surface area contributed by atoms with E-state index in [-0.39, 0.29) is 23.5 Å². The number of amides is 3.